The Bertz CT molecular complexity index is 335. The molecular formula is C8H12N4O4. The zero-order chi connectivity index (χ0) is 12.6. The molecule has 0 aliphatic heterocycles. The average Bonchev–Trinajstić information content (AvgIpc) is 2.22. The number of hydrogen-bond acceptors (Lipinski definition) is 4. The molecule has 0 radical (unpaired) electrons. The van der Waals surface area contributed by atoms with Crippen LogP contribution in [0.1, 0.15) is 12.8 Å². The van der Waals surface area contributed by atoms with Crippen LogP contribution >= 0.6 is 0 Å². The topological polar surface area (TPSA) is 146 Å². The average molecular weight is 228 g/mol. The Hall–Kier alpha value is -2.05. The molecule has 0 aliphatic carbocycles. The van der Waals surface area contributed by atoms with Crippen LogP contribution < -0.4 is 11.1 Å². The van der Waals surface area contributed by atoms with E-state index >= 15 is 0 Å². The second-order valence-electron chi connectivity index (χ2n) is 2.97. The number of carbonyl (C=O) groups is 3. The molecule has 1 amide bonds. The number of ketones is 1. The van der Waals surface area contributed by atoms with Gasteiger partial charge in [0.1, 0.15) is 6.54 Å². The van der Waals surface area contributed by atoms with Gasteiger partial charge in [0.15, 0.2) is 0 Å². The van der Waals surface area contributed by atoms with Crippen molar-refractivity contribution in [3.63, 3.8) is 0 Å². The van der Waals surface area contributed by atoms with Gasteiger partial charge in [0.25, 0.3) is 0 Å². The smallest absolute Gasteiger partial charge is 0.323 e. The third kappa shape index (κ3) is 6.41. The Balaban J connectivity index is 3.91. The van der Waals surface area contributed by atoms with Crippen LogP contribution in [0.3, 0.4) is 0 Å². The summed E-state index contributed by atoms with van der Waals surface area (Å²) in [7, 11) is 0. The van der Waals surface area contributed by atoms with Crippen molar-refractivity contribution in [1.82, 2.24) is 5.32 Å². The Morgan fingerprint density at radius 2 is 2.12 bits per heavy atom. The number of nitrogens with two attached hydrogens (primary N) is 1. The number of hydrogen-bond donors (Lipinski definition) is 3. The maximum Gasteiger partial charge on any atom is 0.323 e. The van der Waals surface area contributed by atoms with Crippen molar-refractivity contribution in [2.75, 3.05) is 6.54 Å². The monoisotopic (exact) mass is 228 g/mol. The normalized spacial score (nSPS) is 11.1. The van der Waals surface area contributed by atoms with E-state index in [4.69, 9.17) is 16.4 Å². The number of nitrogens with one attached hydrogen (secondary N) is 1. The number of carboxylic acid groups (broad SMARTS) is 1. The van der Waals surface area contributed by atoms with Crippen molar-refractivity contribution >= 4 is 23.9 Å². The van der Waals surface area contributed by atoms with E-state index in [0.717, 1.165) is 0 Å². The highest BCUT2D eigenvalue weighted by Crippen LogP contribution is 1.94. The van der Waals surface area contributed by atoms with Crippen molar-refractivity contribution in [3.05, 3.63) is 5.53 Å². The standard InChI is InChI=1S/C8H12N4O4/c9-6(2-1-5(13)3-12-10)8(16)11-4-7(14)15/h3,6H,1-2,4,9H2,(H,11,16)(H,14,15)/t6-/m0/s1. The van der Waals surface area contributed by atoms with Crippen LogP contribution in [0, 0.1) is 0 Å². The molecule has 16 heavy (non-hydrogen) atoms. The number of carboxylic acids is 1. The van der Waals surface area contributed by atoms with Crippen molar-refractivity contribution in [1.29, 1.82) is 0 Å². The zero-order valence-corrected chi connectivity index (χ0v) is 8.42. The van der Waals surface area contributed by atoms with Gasteiger partial charge in [0.05, 0.1) is 6.04 Å². The van der Waals surface area contributed by atoms with Gasteiger partial charge in [-0.05, 0) is 6.42 Å². The lowest BCUT2D eigenvalue weighted by atomic mass is 10.1. The lowest BCUT2D eigenvalue weighted by molar-refractivity contribution is -0.138. The minimum atomic E-state index is -1.18. The van der Waals surface area contributed by atoms with Gasteiger partial charge >= 0.3 is 12.2 Å². The summed E-state index contributed by atoms with van der Waals surface area (Å²) in [6.07, 6.45) is 0.712. The van der Waals surface area contributed by atoms with Crippen molar-refractivity contribution in [2.24, 2.45) is 5.73 Å². The molecule has 0 aromatic heterocycles. The Morgan fingerprint density at radius 1 is 1.50 bits per heavy atom. The molecule has 0 aliphatic rings. The molecule has 4 N–H and O–H groups in total. The maximum absolute atomic E-state index is 11.1. The summed E-state index contributed by atoms with van der Waals surface area (Å²) in [5.41, 5.74) is 13.4. The van der Waals surface area contributed by atoms with E-state index in [1.54, 1.807) is 0 Å². The fourth-order valence-electron chi connectivity index (χ4n) is 0.852. The molecular weight excluding hydrogens is 216 g/mol. The first-order valence-electron chi connectivity index (χ1n) is 4.42. The lowest BCUT2D eigenvalue weighted by Crippen LogP contribution is -2.42. The van der Waals surface area contributed by atoms with Crippen LogP contribution in [-0.4, -0.2) is 46.4 Å². The van der Waals surface area contributed by atoms with E-state index in [1.807, 2.05) is 0 Å². The molecule has 0 spiro atoms. The van der Waals surface area contributed by atoms with E-state index in [9.17, 15) is 14.4 Å². The second kappa shape index (κ2) is 7.27. The molecule has 0 fully saturated rings. The molecule has 0 saturated carbocycles. The van der Waals surface area contributed by atoms with Gasteiger partial charge in [-0.25, -0.2) is 0 Å². The highest BCUT2D eigenvalue weighted by molar-refractivity contribution is 6.25. The van der Waals surface area contributed by atoms with Gasteiger partial charge in [0.2, 0.25) is 11.7 Å². The predicted octanol–water partition coefficient (Wildman–Crippen LogP) is -1.84. The van der Waals surface area contributed by atoms with E-state index in [0.29, 0.717) is 6.21 Å². The summed E-state index contributed by atoms with van der Waals surface area (Å²) in [5, 5.41) is 10.4. The molecule has 0 saturated heterocycles. The van der Waals surface area contributed by atoms with E-state index < -0.39 is 30.2 Å². The molecule has 88 valence electrons. The van der Waals surface area contributed by atoms with Crippen molar-refractivity contribution in [2.45, 2.75) is 18.9 Å². The summed E-state index contributed by atoms with van der Waals surface area (Å²) in [5.74, 6) is -2.29. The van der Waals surface area contributed by atoms with Gasteiger partial charge in [0, 0.05) is 6.42 Å². The Kier molecular flexibility index (Phi) is 6.34. The van der Waals surface area contributed by atoms with Crippen LogP contribution in [0.25, 0.3) is 5.53 Å². The van der Waals surface area contributed by atoms with Gasteiger partial charge < -0.3 is 21.7 Å². The molecule has 1 atom stereocenters. The van der Waals surface area contributed by atoms with Crippen LogP contribution in [-0.2, 0) is 14.4 Å². The Morgan fingerprint density at radius 3 is 2.62 bits per heavy atom. The number of amides is 1. The zero-order valence-electron chi connectivity index (χ0n) is 8.42. The van der Waals surface area contributed by atoms with Crippen LogP contribution in [0.5, 0.6) is 0 Å². The molecule has 0 unspecified atom stereocenters. The molecule has 0 rings (SSSR count). The van der Waals surface area contributed by atoms with Gasteiger partial charge in [-0.1, -0.05) is 0 Å². The summed E-state index contributed by atoms with van der Waals surface area (Å²) in [4.78, 5) is 34.6. The van der Waals surface area contributed by atoms with E-state index in [-0.39, 0.29) is 12.8 Å². The summed E-state index contributed by atoms with van der Waals surface area (Å²) < 4.78 is 0. The van der Waals surface area contributed by atoms with Gasteiger partial charge in [-0.15, -0.1) is 0 Å². The number of Topliss-reactive ketones (excluding diaryl/α,β-unsaturated/α-hetero) is 1. The lowest BCUT2D eigenvalue weighted by Gasteiger charge is -2.09. The minimum absolute atomic E-state index is 0.0499. The second-order valence-corrected chi connectivity index (χ2v) is 2.97. The first-order chi connectivity index (χ1) is 7.47. The molecule has 0 bridgehead atoms. The molecule has 8 heteroatoms. The fourth-order valence-corrected chi connectivity index (χ4v) is 0.852. The van der Waals surface area contributed by atoms with Crippen LogP contribution in [0.4, 0.5) is 0 Å². The summed E-state index contributed by atoms with van der Waals surface area (Å²) >= 11 is 0. The van der Waals surface area contributed by atoms with E-state index in [2.05, 4.69) is 10.1 Å². The minimum Gasteiger partial charge on any atom is -0.480 e. The van der Waals surface area contributed by atoms with Crippen LogP contribution in [0.2, 0.25) is 0 Å². The third-order valence-corrected chi connectivity index (χ3v) is 1.65. The first kappa shape index (κ1) is 13.9. The first-order valence-corrected chi connectivity index (χ1v) is 4.42. The van der Waals surface area contributed by atoms with E-state index in [1.165, 1.54) is 0 Å². The number of rotatable bonds is 7. The third-order valence-electron chi connectivity index (χ3n) is 1.65. The van der Waals surface area contributed by atoms with Crippen molar-refractivity contribution in [3.8, 4) is 0 Å². The van der Waals surface area contributed by atoms with Crippen LogP contribution in [0.15, 0.2) is 0 Å². The highest BCUT2D eigenvalue weighted by Gasteiger charge is 2.15. The highest BCUT2D eigenvalue weighted by atomic mass is 16.4. The largest absolute Gasteiger partial charge is 0.480 e. The number of nitrogens with zero attached hydrogens (tertiary/aromatic N) is 2. The van der Waals surface area contributed by atoms with Gasteiger partial charge in [-0.3, -0.25) is 14.4 Å². The van der Waals surface area contributed by atoms with Crippen molar-refractivity contribution < 1.29 is 24.3 Å². The molecule has 0 aromatic rings. The summed E-state index contributed by atoms with van der Waals surface area (Å²) in [6.45, 7) is -0.515. The van der Waals surface area contributed by atoms with Gasteiger partial charge in [-0.2, -0.15) is 4.79 Å². The molecule has 0 aromatic carbocycles. The molecule has 8 nitrogen and oxygen atoms in total. The molecule has 0 heterocycles. The maximum atomic E-state index is 11.1. The summed E-state index contributed by atoms with van der Waals surface area (Å²) in [6, 6.07) is -0.963. The Labute approximate surface area is 91.0 Å². The SMILES string of the molecule is [N-]=[N+]=CC(=O)CC[C@H](N)C(=O)NCC(=O)O. The quantitative estimate of drug-likeness (QED) is 0.266. The fraction of sp³-hybridized carbons (Fsp3) is 0.500. The number of carbonyl (C=O) groups excluding carboxylic acids is 2. The number of aliphatic carboxylic acids is 1. The predicted molar refractivity (Wildman–Crippen MR) is 52.5 cm³/mol.